The summed E-state index contributed by atoms with van der Waals surface area (Å²) in [5.41, 5.74) is -3.03. The third kappa shape index (κ3) is 7.35. The monoisotopic (exact) mass is 387 g/mol. The van der Waals surface area contributed by atoms with E-state index in [1.54, 1.807) is 13.8 Å². The predicted molar refractivity (Wildman–Crippen MR) is 90.4 cm³/mol. The van der Waals surface area contributed by atoms with E-state index in [9.17, 15) is 26.4 Å². The molecule has 148 valence electrons. The van der Waals surface area contributed by atoms with Crippen molar-refractivity contribution in [2.75, 3.05) is 26.0 Å². The SMILES string of the molecule is C=CC(=O)OCCN(C)S(=O)(=O)CC(C)(CC)CC(C)(C)C(F)(F)F. The lowest BCUT2D eigenvalue weighted by Crippen LogP contribution is -2.43. The van der Waals surface area contributed by atoms with E-state index < -0.39 is 38.8 Å². The Labute approximate surface area is 148 Å². The summed E-state index contributed by atoms with van der Waals surface area (Å²) in [4.78, 5) is 11.0. The van der Waals surface area contributed by atoms with Gasteiger partial charge >= 0.3 is 12.1 Å². The first-order chi connectivity index (χ1) is 11.1. The molecule has 25 heavy (non-hydrogen) atoms. The summed E-state index contributed by atoms with van der Waals surface area (Å²) in [6, 6.07) is 0. The third-order valence-corrected chi connectivity index (χ3v) is 6.51. The lowest BCUT2D eigenvalue weighted by Gasteiger charge is -2.38. The lowest BCUT2D eigenvalue weighted by atomic mass is 9.73. The summed E-state index contributed by atoms with van der Waals surface area (Å²) < 4.78 is 70.1. The van der Waals surface area contributed by atoms with Crippen LogP contribution < -0.4 is 0 Å². The second-order valence-electron chi connectivity index (χ2n) is 7.17. The van der Waals surface area contributed by atoms with E-state index in [1.807, 2.05) is 0 Å². The van der Waals surface area contributed by atoms with Crippen molar-refractivity contribution in [3.8, 4) is 0 Å². The number of nitrogens with zero attached hydrogens (tertiary/aromatic N) is 1. The Morgan fingerprint density at radius 1 is 1.24 bits per heavy atom. The van der Waals surface area contributed by atoms with Gasteiger partial charge in [-0.3, -0.25) is 0 Å². The smallest absolute Gasteiger partial charge is 0.393 e. The fraction of sp³-hybridized carbons (Fsp3) is 0.812. The molecule has 0 aliphatic carbocycles. The molecule has 0 fully saturated rings. The predicted octanol–water partition coefficient (Wildman–Crippen LogP) is 3.37. The van der Waals surface area contributed by atoms with Gasteiger partial charge in [-0.2, -0.15) is 13.2 Å². The number of sulfonamides is 1. The van der Waals surface area contributed by atoms with Gasteiger partial charge in [-0.05, 0) is 18.3 Å². The van der Waals surface area contributed by atoms with Crippen LogP contribution in [-0.4, -0.2) is 50.8 Å². The Morgan fingerprint density at radius 2 is 1.76 bits per heavy atom. The topological polar surface area (TPSA) is 63.7 Å². The van der Waals surface area contributed by atoms with Gasteiger partial charge in [0.2, 0.25) is 10.0 Å². The van der Waals surface area contributed by atoms with Crippen molar-refractivity contribution in [1.29, 1.82) is 0 Å². The summed E-state index contributed by atoms with van der Waals surface area (Å²) in [6.07, 6.45) is -3.48. The van der Waals surface area contributed by atoms with Gasteiger partial charge in [0.1, 0.15) is 6.61 Å². The zero-order valence-electron chi connectivity index (χ0n) is 15.4. The highest BCUT2D eigenvalue weighted by atomic mass is 32.2. The van der Waals surface area contributed by atoms with Crippen molar-refractivity contribution >= 4 is 16.0 Å². The zero-order chi connectivity index (χ0) is 20.1. The Hall–Kier alpha value is -1.09. The maximum absolute atomic E-state index is 13.2. The van der Waals surface area contributed by atoms with Gasteiger partial charge < -0.3 is 4.74 Å². The molecular weight excluding hydrogens is 359 g/mol. The fourth-order valence-corrected chi connectivity index (χ4v) is 4.23. The number of rotatable bonds is 10. The number of hydrogen-bond donors (Lipinski definition) is 0. The van der Waals surface area contributed by atoms with Gasteiger partial charge in [0, 0.05) is 19.7 Å². The summed E-state index contributed by atoms with van der Waals surface area (Å²) in [6.45, 7) is 8.36. The van der Waals surface area contributed by atoms with E-state index in [-0.39, 0.29) is 26.0 Å². The number of carbonyl (C=O) groups is 1. The fourth-order valence-electron chi connectivity index (χ4n) is 2.47. The molecule has 0 saturated heterocycles. The second kappa shape index (κ2) is 8.53. The van der Waals surface area contributed by atoms with Crippen LogP contribution in [0.2, 0.25) is 0 Å². The van der Waals surface area contributed by atoms with E-state index in [0.717, 1.165) is 24.2 Å². The van der Waals surface area contributed by atoms with Gasteiger partial charge in [-0.25, -0.2) is 17.5 Å². The first-order valence-electron chi connectivity index (χ1n) is 7.90. The number of halogens is 3. The zero-order valence-corrected chi connectivity index (χ0v) is 16.3. The molecule has 0 aliphatic rings. The van der Waals surface area contributed by atoms with E-state index in [1.165, 1.54) is 7.05 Å². The highest BCUT2D eigenvalue weighted by molar-refractivity contribution is 7.89. The van der Waals surface area contributed by atoms with Crippen LogP contribution >= 0.6 is 0 Å². The van der Waals surface area contributed by atoms with Gasteiger partial charge in [0.25, 0.3) is 0 Å². The molecule has 0 aromatic rings. The Kier molecular flexibility index (Phi) is 8.16. The lowest BCUT2D eigenvalue weighted by molar-refractivity contribution is -0.220. The normalized spacial score (nSPS) is 15.7. The maximum atomic E-state index is 13.2. The number of ether oxygens (including phenoxy) is 1. The molecule has 0 aromatic heterocycles. The van der Waals surface area contributed by atoms with Crippen LogP contribution in [0.4, 0.5) is 13.2 Å². The van der Waals surface area contributed by atoms with Gasteiger partial charge in [0.05, 0.1) is 11.2 Å². The van der Waals surface area contributed by atoms with E-state index in [0.29, 0.717) is 0 Å². The van der Waals surface area contributed by atoms with Crippen molar-refractivity contribution < 1.29 is 31.1 Å². The molecule has 0 rings (SSSR count). The summed E-state index contributed by atoms with van der Waals surface area (Å²) in [7, 11) is -2.50. The molecule has 1 atom stereocenters. The van der Waals surface area contributed by atoms with E-state index in [2.05, 4.69) is 6.58 Å². The molecule has 1 unspecified atom stereocenters. The molecule has 0 saturated carbocycles. The Morgan fingerprint density at radius 3 is 2.16 bits per heavy atom. The molecule has 0 heterocycles. The summed E-state index contributed by atoms with van der Waals surface area (Å²) in [5, 5.41) is 0. The first kappa shape index (κ1) is 23.9. The minimum atomic E-state index is -4.42. The molecule has 0 N–H and O–H groups in total. The van der Waals surface area contributed by atoms with Crippen LogP contribution in [-0.2, 0) is 19.6 Å². The third-order valence-electron chi connectivity index (χ3n) is 4.31. The highest BCUT2D eigenvalue weighted by Gasteiger charge is 2.51. The van der Waals surface area contributed by atoms with Crippen molar-refractivity contribution in [2.45, 2.75) is 46.7 Å². The summed E-state index contributed by atoms with van der Waals surface area (Å²) >= 11 is 0. The van der Waals surface area contributed by atoms with Gasteiger partial charge in [-0.1, -0.05) is 34.3 Å². The maximum Gasteiger partial charge on any atom is 0.393 e. The van der Waals surface area contributed by atoms with Crippen LogP contribution in [0.3, 0.4) is 0 Å². The first-order valence-corrected chi connectivity index (χ1v) is 9.51. The molecule has 5 nitrogen and oxygen atoms in total. The summed E-state index contributed by atoms with van der Waals surface area (Å²) in [5.74, 6) is -1.09. The van der Waals surface area contributed by atoms with Crippen molar-refractivity contribution in [2.24, 2.45) is 10.8 Å². The molecule has 0 spiro atoms. The van der Waals surface area contributed by atoms with Crippen LogP contribution in [0.15, 0.2) is 12.7 Å². The Bertz CT molecular complexity index is 572. The average Bonchev–Trinajstić information content (AvgIpc) is 2.44. The van der Waals surface area contributed by atoms with Gasteiger partial charge in [-0.15, -0.1) is 0 Å². The number of esters is 1. The van der Waals surface area contributed by atoms with Crippen LogP contribution in [0.5, 0.6) is 0 Å². The number of carbonyl (C=O) groups excluding carboxylic acids is 1. The molecule has 0 bridgehead atoms. The molecule has 0 amide bonds. The minimum Gasteiger partial charge on any atom is -0.461 e. The number of hydrogen-bond acceptors (Lipinski definition) is 4. The van der Waals surface area contributed by atoms with Crippen molar-refractivity contribution in [3.05, 3.63) is 12.7 Å². The van der Waals surface area contributed by atoms with Crippen LogP contribution in [0, 0.1) is 10.8 Å². The van der Waals surface area contributed by atoms with E-state index in [4.69, 9.17) is 4.74 Å². The number of likely N-dealkylation sites (N-methyl/N-ethyl adjacent to an activating group) is 1. The largest absolute Gasteiger partial charge is 0.461 e. The molecule has 9 heteroatoms. The minimum absolute atomic E-state index is 0.0790. The second-order valence-corrected chi connectivity index (χ2v) is 9.25. The van der Waals surface area contributed by atoms with E-state index >= 15 is 0 Å². The Balaban J connectivity index is 5.07. The molecule has 0 aromatic carbocycles. The molecule has 0 aliphatic heterocycles. The number of alkyl halides is 3. The average molecular weight is 387 g/mol. The van der Waals surface area contributed by atoms with Crippen molar-refractivity contribution in [1.82, 2.24) is 4.31 Å². The molecule has 0 radical (unpaired) electrons. The standard InChI is InChI=1S/C16H28F3NO4S/c1-7-13(21)24-10-9-20(6)25(22,23)12-15(5,8-2)11-14(3,4)16(17,18)19/h7H,1,8-12H2,2-6H3. The van der Waals surface area contributed by atoms with Gasteiger partial charge in [0.15, 0.2) is 0 Å². The van der Waals surface area contributed by atoms with Crippen molar-refractivity contribution in [3.63, 3.8) is 0 Å². The van der Waals surface area contributed by atoms with Crippen LogP contribution in [0.1, 0.15) is 40.5 Å². The highest BCUT2D eigenvalue weighted by Crippen LogP contribution is 2.47. The molecular formula is C16H28F3NO4S. The van der Waals surface area contributed by atoms with Crippen LogP contribution in [0.25, 0.3) is 0 Å². The quantitative estimate of drug-likeness (QED) is 0.426.